The molecule has 0 N–H and O–H groups in total. The van der Waals surface area contributed by atoms with Crippen molar-refractivity contribution in [2.45, 2.75) is 70.9 Å². The molecule has 0 spiro atoms. The highest BCUT2D eigenvalue weighted by Gasteiger charge is 2.38. The molecule has 0 saturated carbocycles. The molecule has 0 amide bonds. The van der Waals surface area contributed by atoms with E-state index in [1.165, 1.54) is 0 Å². The third-order valence-corrected chi connectivity index (χ3v) is 8.28. The number of carbonyl (C=O) groups excluding carboxylic acids is 1. The largest absolute Gasteiger partial charge is 0.414 e. The smallest absolute Gasteiger partial charge is 0.192 e. The van der Waals surface area contributed by atoms with Crippen LogP contribution in [0.25, 0.3) is 0 Å². The van der Waals surface area contributed by atoms with E-state index in [-0.39, 0.29) is 24.0 Å². The molecule has 0 aromatic heterocycles. The summed E-state index contributed by atoms with van der Waals surface area (Å²) >= 11 is 0. The van der Waals surface area contributed by atoms with Crippen LogP contribution in [0.15, 0.2) is 0 Å². The molecule has 0 rings (SSSR count). The van der Waals surface area contributed by atoms with Gasteiger partial charge in [-0.3, -0.25) is 0 Å². The van der Waals surface area contributed by atoms with Gasteiger partial charge in [0.05, 0.1) is 6.10 Å². The van der Waals surface area contributed by atoms with Gasteiger partial charge in [-0.05, 0) is 31.5 Å². The van der Waals surface area contributed by atoms with Gasteiger partial charge in [-0.25, -0.2) is 0 Å². The van der Waals surface area contributed by atoms with E-state index in [9.17, 15) is 4.79 Å². The maximum atomic E-state index is 10.7. The highest BCUT2D eigenvalue weighted by Crippen LogP contribution is 2.37. The van der Waals surface area contributed by atoms with Crippen molar-refractivity contribution in [3.8, 4) is 0 Å². The molecule has 19 heavy (non-hydrogen) atoms. The Morgan fingerprint density at radius 1 is 1.26 bits per heavy atom. The number of ether oxygens (including phenoxy) is 2. The van der Waals surface area contributed by atoms with Crippen LogP contribution in [-0.4, -0.2) is 40.7 Å². The lowest BCUT2D eigenvalue weighted by Crippen LogP contribution is -2.44. The Bertz CT molecular complexity index is 261. The highest BCUT2D eigenvalue weighted by atomic mass is 28.4. The first-order valence-electron chi connectivity index (χ1n) is 6.86. The summed E-state index contributed by atoms with van der Waals surface area (Å²) in [5.74, 6) is 0. The van der Waals surface area contributed by atoms with Crippen molar-refractivity contribution >= 4 is 14.6 Å². The first-order chi connectivity index (χ1) is 8.64. The molecule has 0 unspecified atom stereocenters. The lowest BCUT2D eigenvalue weighted by atomic mass is 10.1. The fourth-order valence-corrected chi connectivity index (χ4v) is 3.06. The molecule has 0 fully saturated rings. The van der Waals surface area contributed by atoms with Gasteiger partial charge >= 0.3 is 0 Å². The standard InChI is InChI=1S/C14H30O4Si/c1-12(18-19(6,7)14(2,3)4)10-13(8-9-15)17-11-16-5/h9,12-13H,8,10-11H2,1-7H3/t12-,13-/m0/s1. The summed E-state index contributed by atoms with van der Waals surface area (Å²) in [6, 6.07) is 0. The van der Waals surface area contributed by atoms with Gasteiger partial charge in [-0.2, -0.15) is 0 Å². The molecule has 5 heteroatoms. The van der Waals surface area contributed by atoms with E-state index in [4.69, 9.17) is 13.9 Å². The van der Waals surface area contributed by atoms with E-state index in [1.807, 2.05) is 0 Å². The maximum Gasteiger partial charge on any atom is 0.192 e. The van der Waals surface area contributed by atoms with Crippen LogP contribution in [0.5, 0.6) is 0 Å². The minimum atomic E-state index is -1.76. The average molecular weight is 290 g/mol. The number of aldehydes is 1. The molecule has 0 heterocycles. The first-order valence-corrected chi connectivity index (χ1v) is 9.77. The SMILES string of the molecule is COCO[C@@H](CC=O)C[C@H](C)O[Si](C)(C)C(C)(C)C. The van der Waals surface area contributed by atoms with Crippen molar-refractivity contribution in [3.05, 3.63) is 0 Å². The van der Waals surface area contributed by atoms with Crippen molar-refractivity contribution in [3.63, 3.8) is 0 Å². The minimum absolute atomic E-state index is 0.0858. The van der Waals surface area contributed by atoms with Crippen molar-refractivity contribution in [2.24, 2.45) is 0 Å². The molecule has 0 aliphatic heterocycles. The predicted molar refractivity (Wildman–Crippen MR) is 79.8 cm³/mol. The molecule has 0 aliphatic carbocycles. The van der Waals surface area contributed by atoms with Crippen LogP contribution in [0.3, 0.4) is 0 Å². The summed E-state index contributed by atoms with van der Waals surface area (Å²) < 4.78 is 16.6. The fraction of sp³-hybridized carbons (Fsp3) is 0.929. The quantitative estimate of drug-likeness (QED) is 0.371. The van der Waals surface area contributed by atoms with Gasteiger partial charge in [0.2, 0.25) is 0 Å². The van der Waals surface area contributed by atoms with Crippen LogP contribution in [-0.2, 0) is 18.7 Å². The van der Waals surface area contributed by atoms with E-state index in [1.54, 1.807) is 7.11 Å². The summed E-state index contributed by atoms with van der Waals surface area (Å²) in [5.41, 5.74) is 0. The van der Waals surface area contributed by atoms with Gasteiger partial charge in [-0.15, -0.1) is 0 Å². The van der Waals surface area contributed by atoms with E-state index < -0.39 is 8.32 Å². The van der Waals surface area contributed by atoms with E-state index >= 15 is 0 Å². The Balaban J connectivity index is 4.40. The van der Waals surface area contributed by atoms with Crippen LogP contribution in [0.4, 0.5) is 0 Å². The van der Waals surface area contributed by atoms with Crippen molar-refractivity contribution in [1.82, 2.24) is 0 Å². The molecule has 0 aromatic carbocycles. The topological polar surface area (TPSA) is 44.8 Å². The third kappa shape index (κ3) is 7.20. The molecular formula is C14H30O4Si. The number of carbonyl (C=O) groups is 1. The van der Waals surface area contributed by atoms with Gasteiger partial charge in [0.25, 0.3) is 0 Å². The number of rotatable bonds is 9. The predicted octanol–water partition coefficient (Wildman–Crippen LogP) is 3.36. The van der Waals surface area contributed by atoms with E-state index in [0.717, 1.165) is 6.29 Å². The molecule has 0 bridgehead atoms. The molecule has 0 aromatic rings. The summed E-state index contributed by atoms with van der Waals surface area (Å²) in [7, 11) is -0.187. The Labute approximate surface area is 118 Å². The summed E-state index contributed by atoms with van der Waals surface area (Å²) in [6.07, 6.45) is 1.95. The summed E-state index contributed by atoms with van der Waals surface area (Å²) in [6.45, 7) is 13.4. The Hall–Kier alpha value is -0.233. The van der Waals surface area contributed by atoms with Gasteiger partial charge < -0.3 is 18.7 Å². The summed E-state index contributed by atoms with van der Waals surface area (Å²) in [4.78, 5) is 10.7. The molecular weight excluding hydrogens is 260 g/mol. The Kier molecular flexibility index (Phi) is 8.04. The van der Waals surface area contributed by atoms with Gasteiger partial charge in [0.1, 0.15) is 13.1 Å². The second kappa shape index (κ2) is 8.14. The van der Waals surface area contributed by atoms with E-state index in [2.05, 4.69) is 40.8 Å². The lowest BCUT2D eigenvalue weighted by molar-refractivity contribution is -0.116. The molecule has 4 nitrogen and oxygen atoms in total. The molecule has 0 radical (unpaired) electrons. The zero-order valence-corrected chi connectivity index (χ0v) is 14.5. The maximum absolute atomic E-state index is 10.7. The molecule has 0 saturated heterocycles. The van der Waals surface area contributed by atoms with E-state index in [0.29, 0.717) is 12.8 Å². The van der Waals surface area contributed by atoms with Crippen LogP contribution < -0.4 is 0 Å². The Morgan fingerprint density at radius 2 is 1.84 bits per heavy atom. The van der Waals surface area contributed by atoms with Crippen LogP contribution in [0.2, 0.25) is 18.1 Å². The number of hydrogen-bond donors (Lipinski definition) is 0. The average Bonchev–Trinajstić information content (AvgIpc) is 2.23. The normalized spacial score (nSPS) is 16.2. The third-order valence-electron chi connectivity index (χ3n) is 3.68. The van der Waals surface area contributed by atoms with Crippen molar-refractivity contribution in [1.29, 1.82) is 0 Å². The number of hydrogen-bond acceptors (Lipinski definition) is 4. The van der Waals surface area contributed by atoms with Crippen molar-refractivity contribution < 1.29 is 18.7 Å². The molecule has 2 atom stereocenters. The molecule has 114 valence electrons. The Morgan fingerprint density at radius 3 is 2.26 bits per heavy atom. The van der Waals surface area contributed by atoms with Crippen LogP contribution >= 0.6 is 0 Å². The zero-order valence-electron chi connectivity index (χ0n) is 13.5. The number of methoxy groups -OCH3 is 1. The second-order valence-electron chi connectivity index (χ2n) is 6.52. The van der Waals surface area contributed by atoms with Crippen LogP contribution in [0.1, 0.15) is 40.5 Å². The second-order valence-corrected chi connectivity index (χ2v) is 11.3. The summed E-state index contributed by atoms with van der Waals surface area (Å²) in [5, 5.41) is 0.189. The highest BCUT2D eigenvalue weighted by molar-refractivity contribution is 6.74. The zero-order chi connectivity index (χ0) is 15.1. The van der Waals surface area contributed by atoms with Gasteiger partial charge in [0, 0.05) is 19.6 Å². The molecule has 0 aliphatic rings. The van der Waals surface area contributed by atoms with Crippen LogP contribution in [0, 0.1) is 0 Å². The lowest BCUT2D eigenvalue weighted by Gasteiger charge is -2.39. The fourth-order valence-electron chi connectivity index (χ4n) is 1.60. The monoisotopic (exact) mass is 290 g/mol. The van der Waals surface area contributed by atoms with Gasteiger partial charge in [0.15, 0.2) is 8.32 Å². The van der Waals surface area contributed by atoms with Crippen molar-refractivity contribution in [2.75, 3.05) is 13.9 Å². The first kappa shape index (κ1) is 18.8. The minimum Gasteiger partial charge on any atom is -0.414 e. The van der Waals surface area contributed by atoms with Gasteiger partial charge in [-0.1, -0.05) is 20.8 Å².